The first-order chi connectivity index (χ1) is 9.91. The van der Waals surface area contributed by atoms with E-state index in [2.05, 4.69) is 16.0 Å². The van der Waals surface area contributed by atoms with Gasteiger partial charge in [-0.1, -0.05) is 18.5 Å². The van der Waals surface area contributed by atoms with Crippen LogP contribution in [0.3, 0.4) is 0 Å². The van der Waals surface area contributed by atoms with Crippen LogP contribution in [0.5, 0.6) is 0 Å². The van der Waals surface area contributed by atoms with Gasteiger partial charge in [-0.05, 0) is 11.8 Å². The molecule has 3 N–H and O–H groups in total. The third kappa shape index (κ3) is 4.11. The molecule has 1 rings (SSSR count). The third-order valence-electron chi connectivity index (χ3n) is 2.32. The van der Waals surface area contributed by atoms with Crippen molar-refractivity contribution in [3.8, 4) is 0 Å². The van der Waals surface area contributed by atoms with Crippen molar-refractivity contribution in [3.63, 3.8) is 0 Å². The number of halogens is 4. The molecule has 0 spiro atoms. The van der Waals surface area contributed by atoms with Gasteiger partial charge in [-0.25, -0.2) is 22.4 Å². The Bertz CT molecular complexity index is 526. The number of nitrogens with one attached hydrogen (secondary N) is 1. The Morgan fingerprint density at radius 1 is 1.24 bits per heavy atom. The van der Waals surface area contributed by atoms with E-state index in [1.54, 1.807) is 0 Å². The molecule has 0 radical (unpaired) electrons. The molecule has 0 atom stereocenters. The summed E-state index contributed by atoms with van der Waals surface area (Å²) in [6, 6.07) is 0. The number of nitrogens with two attached hydrogens (primary N) is 1. The van der Waals surface area contributed by atoms with Crippen LogP contribution in [-0.4, -0.2) is 19.1 Å². The number of rotatable bonds is 7. The molecule has 0 bridgehead atoms. The Morgan fingerprint density at radius 3 is 2.33 bits per heavy atom. The Labute approximate surface area is 122 Å². The first-order valence-electron chi connectivity index (χ1n) is 5.69. The summed E-state index contributed by atoms with van der Waals surface area (Å²) in [5.41, 5.74) is 2.06. The lowest BCUT2D eigenvalue weighted by Gasteiger charge is -2.09. The molecule has 0 fully saturated rings. The lowest BCUT2D eigenvalue weighted by Crippen LogP contribution is -2.17. The fraction of sp³-hybridized carbons (Fsp3) is 0.250. The van der Waals surface area contributed by atoms with Crippen LogP contribution in [0.4, 0.5) is 23.2 Å². The number of nitrogen functional groups attached to an aromatic ring is 1. The highest BCUT2D eigenvalue weighted by Crippen LogP contribution is 2.26. The maximum absolute atomic E-state index is 13.4. The minimum absolute atomic E-state index is 0.184. The molecular weight excluding hydrogens is 312 g/mol. The number of hydrogen-bond acceptors (Lipinski definition) is 5. The summed E-state index contributed by atoms with van der Waals surface area (Å²) in [5, 5.41) is 1.54. The number of carbonyl (C=O) groups excluding carboxylic acids is 1. The molecule has 0 aliphatic carbocycles. The number of benzene rings is 1. The van der Waals surface area contributed by atoms with Gasteiger partial charge in [0.2, 0.25) is 0 Å². The van der Waals surface area contributed by atoms with E-state index in [4.69, 9.17) is 5.73 Å². The number of ether oxygens (including phenoxy) is 1. The zero-order valence-electron chi connectivity index (χ0n) is 10.7. The molecule has 0 aliphatic rings. The van der Waals surface area contributed by atoms with Crippen molar-refractivity contribution in [2.45, 2.75) is 6.42 Å². The van der Waals surface area contributed by atoms with E-state index in [0.717, 1.165) is 0 Å². The standard InChI is InChI=1S/C12H12F4N2O2S/c1-2-21-18-4-3-5-20-12(19)6-7(13)9(15)11(17)10(16)8(6)14/h2,18H,1,3-5,17H2. The second-order valence-corrected chi connectivity index (χ2v) is 4.57. The minimum Gasteiger partial charge on any atom is -0.462 e. The average Bonchev–Trinajstić information content (AvgIpc) is 2.47. The van der Waals surface area contributed by atoms with Crippen LogP contribution in [0.25, 0.3) is 0 Å². The number of hydrogen-bond donors (Lipinski definition) is 2. The number of anilines is 1. The average molecular weight is 324 g/mol. The topological polar surface area (TPSA) is 64.3 Å². The summed E-state index contributed by atoms with van der Waals surface area (Å²) in [4.78, 5) is 11.5. The predicted octanol–water partition coefficient (Wildman–Crippen LogP) is 2.75. The van der Waals surface area contributed by atoms with Crippen LogP contribution >= 0.6 is 11.9 Å². The number of carbonyl (C=O) groups is 1. The fourth-order valence-electron chi connectivity index (χ4n) is 1.33. The summed E-state index contributed by atoms with van der Waals surface area (Å²) >= 11 is 1.21. The largest absolute Gasteiger partial charge is 0.462 e. The highest BCUT2D eigenvalue weighted by Gasteiger charge is 2.29. The van der Waals surface area contributed by atoms with E-state index in [1.165, 1.54) is 17.4 Å². The van der Waals surface area contributed by atoms with Gasteiger partial charge in [0.25, 0.3) is 0 Å². The Balaban J connectivity index is 2.73. The molecule has 1 aromatic rings. The van der Waals surface area contributed by atoms with Gasteiger partial charge in [0.1, 0.15) is 11.3 Å². The fourth-order valence-corrected chi connectivity index (χ4v) is 1.71. The maximum Gasteiger partial charge on any atom is 0.344 e. The summed E-state index contributed by atoms with van der Waals surface area (Å²) in [6.45, 7) is 3.69. The van der Waals surface area contributed by atoms with E-state index >= 15 is 0 Å². The van der Waals surface area contributed by atoms with E-state index in [-0.39, 0.29) is 6.61 Å². The molecule has 0 aliphatic heterocycles. The molecule has 9 heteroatoms. The van der Waals surface area contributed by atoms with Crippen LogP contribution < -0.4 is 10.5 Å². The van der Waals surface area contributed by atoms with E-state index in [9.17, 15) is 22.4 Å². The predicted molar refractivity (Wildman–Crippen MR) is 71.4 cm³/mol. The SMILES string of the molecule is C=CSNCCCOC(=O)c1c(F)c(F)c(N)c(F)c1F. The molecule has 1 aromatic carbocycles. The van der Waals surface area contributed by atoms with Crippen molar-refractivity contribution >= 4 is 23.6 Å². The molecule has 0 heterocycles. The zero-order chi connectivity index (χ0) is 16.0. The van der Waals surface area contributed by atoms with E-state index in [0.29, 0.717) is 13.0 Å². The van der Waals surface area contributed by atoms with Gasteiger partial charge in [0, 0.05) is 6.54 Å². The first-order valence-corrected chi connectivity index (χ1v) is 6.57. The van der Waals surface area contributed by atoms with E-state index < -0.39 is 40.5 Å². The molecule has 0 unspecified atom stereocenters. The summed E-state index contributed by atoms with van der Waals surface area (Å²) in [5.74, 6) is -8.91. The van der Waals surface area contributed by atoms with Gasteiger partial charge in [0.15, 0.2) is 23.3 Å². The number of esters is 1. The van der Waals surface area contributed by atoms with Crippen molar-refractivity contribution in [1.82, 2.24) is 4.72 Å². The quantitative estimate of drug-likeness (QED) is 0.202. The summed E-state index contributed by atoms with van der Waals surface area (Å²) in [7, 11) is 0. The lowest BCUT2D eigenvalue weighted by atomic mass is 10.1. The van der Waals surface area contributed by atoms with Gasteiger partial charge in [-0.2, -0.15) is 0 Å². The minimum atomic E-state index is -1.88. The molecule has 0 saturated carbocycles. The Hall–Kier alpha value is -1.74. The van der Waals surface area contributed by atoms with Crippen molar-refractivity contribution in [3.05, 3.63) is 40.8 Å². The van der Waals surface area contributed by atoms with Crippen molar-refractivity contribution < 1.29 is 27.1 Å². The Kier molecular flexibility index (Phi) is 6.50. The van der Waals surface area contributed by atoms with Gasteiger partial charge in [-0.3, -0.25) is 4.72 Å². The zero-order valence-corrected chi connectivity index (χ0v) is 11.5. The van der Waals surface area contributed by atoms with Crippen LogP contribution in [0.1, 0.15) is 16.8 Å². The molecular formula is C12H12F4N2O2S. The van der Waals surface area contributed by atoms with Crippen molar-refractivity contribution in [1.29, 1.82) is 0 Å². The molecule has 4 nitrogen and oxygen atoms in total. The highest BCUT2D eigenvalue weighted by atomic mass is 32.2. The molecule has 0 aromatic heterocycles. The summed E-state index contributed by atoms with van der Waals surface area (Å²) in [6.07, 6.45) is 0.329. The normalized spacial score (nSPS) is 10.5. The smallest absolute Gasteiger partial charge is 0.344 e. The second kappa shape index (κ2) is 7.89. The third-order valence-corrected chi connectivity index (χ3v) is 2.86. The van der Waals surface area contributed by atoms with Crippen LogP contribution in [-0.2, 0) is 4.74 Å². The molecule has 0 saturated heterocycles. The van der Waals surface area contributed by atoms with Crippen molar-refractivity contribution in [2.24, 2.45) is 0 Å². The maximum atomic E-state index is 13.4. The van der Waals surface area contributed by atoms with Crippen molar-refractivity contribution in [2.75, 3.05) is 18.9 Å². The van der Waals surface area contributed by atoms with Gasteiger partial charge >= 0.3 is 5.97 Å². The molecule has 21 heavy (non-hydrogen) atoms. The Morgan fingerprint density at radius 2 is 1.81 bits per heavy atom. The van der Waals surface area contributed by atoms with E-state index in [1.807, 2.05) is 0 Å². The highest BCUT2D eigenvalue weighted by molar-refractivity contribution is 8.00. The van der Waals surface area contributed by atoms with Gasteiger partial charge < -0.3 is 10.5 Å². The van der Waals surface area contributed by atoms with Gasteiger partial charge in [-0.15, -0.1) is 0 Å². The molecule has 0 amide bonds. The van der Waals surface area contributed by atoms with Crippen LogP contribution in [0, 0.1) is 23.3 Å². The van der Waals surface area contributed by atoms with Crippen LogP contribution in [0.2, 0.25) is 0 Å². The molecule has 116 valence electrons. The van der Waals surface area contributed by atoms with Crippen LogP contribution in [0.15, 0.2) is 12.0 Å². The summed E-state index contributed by atoms with van der Waals surface area (Å²) < 4.78 is 60.6. The van der Waals surface area contributed by atoms with Gasteiger partial charge in [0.05, 0.1) is 6.61 Å². The first kappa shape index (κ1) is 17.3. The lowest BCUT2D eigenvalue weighted by molar-refractivity contribution is 0.0488. The second-order valence-electron chi connectivity index (χ2n) is 3.71. The monoisotopic (exact) mass is 324 g/mol.